The molecule has 1 atom stereocenters. The molecule has 2 aromatic rings. The lowest BCUT2D eigenvalue weighted by atomic mass is 10.0. The van der Waals surface area contributed by atoms with Gasteiger partial charge in [0, 0.05) is 42.7 Å². The molecule has 0 radical (unpaired) electrons. The van der Waals surface area contributed by atoms with Gasteiger partial charge in [-0.15, -0.1) is 11.3 Å². The number of imide groups is 1. The van der Waals surface area contributed by atoms with Crippen LogP contribution in [0.1, 0.15) is 39.2 Å². The number of fused-ring (bicyclic) bond motifs is 1. The minimum Gasteiger partial charge on any atom is -0.375 e. The Bertz CT molecular complexity index is 925. The third kappa shape index (κ3) is 3.56. The molecule has 3 heterocycles. The Labute approximate surface area is 159 Å². The largest absolute Gasteiger partial charge is 0.375 e. The number of carbonyl (C=O) groups excluding carboxylic acids is 3. The molecule has 3 amide bonds. The molecule has 4 N–H and O–H groups in total. The highest BCUT2D eigenvalue weighted by Gasteiger charge is 2.38. The molecule has 1 saturated heterocycles. The molecule has 2 aliphatic heterocycles. The lowest BCUT2D eigenvalue weighted by Gasteiger charge is -2.29. The summed E-state index contributed by atoms with van der Waals surface area (Å²) >= 11 is 1.45. The maximum absolute atomic E-state index is 12.7. The molecule has 2 aliphatic rings. The topological polar surface area (TPSA) is 117 Å². The molecule has 1 fully saturated rings. The van der Waals surface area contributed by atoms with Crippen LogP contribution in [-0.2, 0) is 29.2 Å². The van der Waals surface area contributed by atoms with Gasteiger partial charge in [0.05, 0.1) is 0 Å². The number of hydrogen-bond acceptors (Lipinski definition) is 7. The Balaban J connectivity index is 1.41. The molecule has 0 aliphatic carbocycles. The third-order valence-corrected chi connectivity index (χ3v) is 5.61. The summed E-state index contributed by atoms with van der Waals surface area (Å²) in [5, 5.41) is 6.20. The lowest BCUT2D eigenvalue weighted by molar-refractivity contribution is -0.136. The second kappa shape index (κ2) is 7.09. The fourth-order valence-electron chi connectivity index (χ4n) is 3.47. The number of benzene rings is 1. The second-order valence-electron chi connectivity index (χ2n) is 6.66. The molecule has 8 nitrogen and oxygen atoms in total. The van der Waals surface area contributed by atoms with Crippen LogP contribution in [-0.4, -0.2) is 33.6 Å². The number of amides is 3. The van der Waals surface area contributed by atoms with Crippen molar-refractivity contribution >= 4 is 34.2 Å². The van der Waals surface area contributed by atoms with E-state index in [9.17, 15) is 14.4 Å². The number of rotatable bonds is 5. The number of nitrogens with two attached hydrogens (primary N) is 1. The molecule has 140 valence electrons. The van der Waals surface area contributed by atoms with Crippen LogP contribution in [0.15, 0.2) is 24.4 Å². The highest BCUT2D eigenvalue weighted by molar-refractivity contribution is 7.15. The van der Waals surface area contributed by atoms with Crippen LogP contribution in [0.2, 0.25) is 0 Å². The van der Waals surface area contributed by atoms with Gasteiger partial charge in [-0.1, -0.05) is 12.1 Å². The number of anilines is 1. The standard InChI is InChI=1S/C18H19N5O3S/c19-18-21-8-12(27-18)7-20-6-10-1-2-13-11(5-10)9-23(17(13)26)14-3-4-15(24)22-16(14)25/h1-2,5,8,14,20H,3-4,6-7,9H2,(H2,19,21)(H,22,24,25). The van der Waals surface area contributed by atoms with Crippen molar-refractivity contribution in [2.45, 2.75) is 38.5 Å². The van der Waals surface area contributed by atoms with E-state index in [0.717, 1.165) is 16.0 Å². The zero-order chi connectivity index (χ0) is 19.0. The first-order valence-corrected chi connectivity index (χ1v) is 9.50. The maximum Gasteiger partial charge on any atom is 0.255 e. The average molecular weight is 385 g/mol. The highest BCUT2D eigenvalue weighted by atomic mass is 32.1. The summed E-state index contributed by atoms with van der Waals surface area (Å²) in [6.07, 6.45) is 2.39. The predicted octanol–water partition coefficient (Wildman–Crippen LogP) is 0.776. The fourth-order valence-corrected chi connectivity index (χ4v) is 4.13. The number of piperidine rings is 1. The van der Waals surface area contributed by atoms with Crippen molar-refractivity contribution in [3.8, 4) is 0 Å². The molecule has 4 rings (SSSR count). The number of aromatic nitrogens is 1. The van der Waals surface area contributed by atoms with Crippen molar-refractivity contribution < 1.29 is 14.4 Å². The number of thiazole rings is 1. The molecule has 0 spiro atoms. The molecule has 1 unspecified atom stereocenters. The molecule has 0 saturated carbocycles. The Kier molecular flexibility index (Phi) is 4.63. The SMILES string of the molecule is Nc1ncc(CNCc2ccc3c(c2)CN(C2CCC(=O)NC2=O)C3=O)s1. The number of hydrogen-bond donors (Lipinski definition) is 3. The van der Waals surface area contributed by atoms with Crippen LogP contribution in [0.5, 0.6) is 0 Å². The van der Waals surface area contributed by atoms with E-state index in [0.29, 0.717) is 36.8 Å². The molecule has 0 bridgehead atoms. The van der Waals surface area contributed by atoms with Gasteiger partial charge in [-0.25, -0.2) is 4.98 Å². The first-order valence-electron chi connectivity index (χ1n) is 8.68. The van der Waals surface area contributed by atoms with Gasteiger partial charge in [-0.2, -0.15) is 0 Å². The minimum atomic E-state index is -0.582. The smallest absolute Gasteiger partial charge is 0.255 e. The van der Waals surface area contributed by atoms with E-state index >= 15 is 0 Å². The summed E-state index contributed by atoms with van der Waals surface area (Å²) < 4.78 is 0. The van der Waals surface area contributed by atoms with Gasteiger partial charge in [0.1, 0.15) is 6.04 Å². The van der Waals surface area contributed by atoms with Crippen molar-refractivity contribution in [3.63, 3.8) is 0 Å². The van der Waals surface area contributed by atoms with E-state index in [2.05, 4.69) is 15.6 Å². The number of carbonyl (C=O) groups is 3. The van der Waals surface area contributed by atoms with Gasteiger partial charge in [-0.3, -0.25) is 19.7 Å². The van der Waals surface area contributed by atoms with Gasteiger partial charge < -0.3 is 16.0 Å². The van der Waals surface area contributed by atoms with E-state index in [4.69, 9.17) is 5.73 Å². The van der Waals surface area contributed by atoms with Crippen LogP contribution in [0, 0.1) is 0 Å². The Morgan fingerprint density at radius 1 is 1.30 bits per heavy atom. The molecule has 1 aromatic carbocycles. The first-order chi connectivity index (χ1) is 13.0. The number of nitrogens with one attached hydrogen (secondary N) is 2. The zero-order valence-corrected chi connectivity index (χ0v) is 15.3. The Hall–Kier alpha value is -2.78. The maximum atomic E-state index is 12.7. The molecule has 9 heteroatoms. The van der Waals surface area contributed by atoms with E-state index in [-0.39, 0.29) is 18.2 Å². The van der Waals surface area contributed by atoms with E-state index in [1.807, 2.05) is 18.2 Å². The van der Waals surface area contributed by atoms with Crippen LogP contribution >= 0.6 is 11.3 Å². The summed E-state index contributed by atoms with van der Waals surface area (Å²) in [7, 11) is 0. The molecule has 27 heavy (non-hydrogen) atoms. The number of nitrogens with zero attached hydrogens (tertiary/aromatic N) is 2. The highest BCUT2D eigenvalue weighted by Crippen LogP contribution is 2.28. The van der Waals surface area contributed by atoms with Gasteiger partial charge in [-0.05, 0) is 23.6 Å². The Morgan fingerprint density at radius 3 is 2.89 bits per heavy atom. The van der Waals surface area contributed by atoms with Crippen molar-refractivity contribution in [3.05, 3.63) is 46.0 Å². The van der Waals surface area contributed by atoms with Crippen LogP contribution in [0.25, 0.3) is 0 Å². The molecular formula is C18H19N5O3S. The summed E-state index contributed by atoms with van der Waals surface area (Å²) in [5.74, 6) is -0.825. The fraction of sp³-hybridized carbons (Fsp3) is 0.333. The van der Waals surface area contributed by atoms with Gasteiger partial charge in [0.15, 0.2) is 5.13 Å². The van der Waals surface area contributed by atoms with Crippen LogP contribution in [0.3, 0.4) is 0 Å². The van der Waals surface area contributed by atoms with Crippen molar-refractivity contribution in [2.24, 2.45) is 0 Å². The second-order valence-corrected chi connectivity index (χ2v) is 7.81. The van der Waals surface area contributed by atoms with Gasteiger partial charge >= 0.3 is 0 Å². The minimum absolute atomic E-state index is 0.154. The quantitative estimate of drug-likeness (QED) is 0.655. The van der Waals surface area contributed by atoms with Crippen LogP contribution in [0.4, 0.5) is 5.13 Å². The summed E-state index contributed by atoms with van der Waals surface area (Å²) in [5.41, 5.74) is 8.22. The summed E-state index contributed by atoms with van der Waals surface area (Å²) in [6.45, 7) is 1.71. The van der Waals surface area contributed by atoms with Crippen LogP contribution < -0.4 is 16.4 Å². The van der Waals surface area contributed by atoms with Crippen molar-refractivity contribution in [1.82, 2.24) is 20.5 Å². The molecule has 1 aromatic heterocycles. The first kappa shape index (κ1) is 17.6. The van der Waals surface area contributed by atoms with E-state index < -0.39 is 11.9 Å². The van der Waals surface area contributed by atoms with Crippen molar-refractivity contribution in [2.75, 3.05) is 5.73 Å². The Morgan fingerprint density at radius 2 is 2.15 bits per heavy atom. The van der Waals surface area contributed by atoms with E-state index in [1.165, 1.54) is 11.3 Å². The predicted molar refractivity (Wildman–Crippen MR) is 99.6 cm³/mol. The third-order valence-electron chi connectivity index (χ3n) is 4.79. The van der Waals surface area contributed by atoms with E-state index in [1.54, 1.807) is 11.1 Å². The molecular weight excluding hydrogens is 366 g/mol. The summed E-state index contributed by atoms with van der Waals surface area (Å²) in [6, 6.07) is 5.14. The lowest BCUT2D eigenvalue weighted by Crippen LogP contribution is -2.52. The normalized spacial score (nSPS) is 19.3. The zero-order valence-electron chi connectivity index (χ0n) is 14.5. The van der Waals surface area contributed by atoms with Gasteiger partial charge in [0.2, 0.25) is 11.8 Å². The number of nitrogen functional groups attached to an aromatic ring is 1. The summed E-state index contributed by atoms with van der Waals surface area (Å²) in [4.78, 5) is 42.7. The van der Waals surface area contributed by atoms with Crippen molar-refractivity contribution in [1.29, 1.82) is 0 Å². The average Bonchev–Trinajstić information content (AvgIpc) is 3.18. The van der Waals surface area contributed by atoms with Gasteiger partial charge in [0.25, 0.3) is 5.91 Å². The monoisotopic (exact) mass is 385 g/mol.